The van der Waals surface area contributed by atoms with Crippen LogP contribution in [0.1, 0.15) is 63.1 Å². The van der Waals surface area contributed by atoms with E-state index < -0.39 is 0 Å². The summed E-state index contributed by atoms with van der Waals surface area (Å²) in [7, 11) is 1.78. The second-order valence-electron chi connectivity index (χ2n) is 6.49. The van der Waals surface area contributed by atoms with Gasteiger partial charge in [0.2, 0.25) is 0 Å². The number of nitrogens with one attached hydrogen (secondary N) is 1. The topological polar surface area (TPSA) is 21.3 Å². The van der Waals surface area contributed by atoms with Gasteiger partial charge in [-0.1, -0.05) is 44.4 Å². The van der Waals surface area contributed by atoms with Crippen molar-refractivity contribution < 1.29 is 4.74 Å². The molecule has 0 amide bonds. The van der Waals surface area contributed by atoms with Crippen LogP contribution in [0, 0.1) is 12.3 Å². The molecule has 1 aliphatic carbocycles. The Balaban J connectivity index is 2.37. The summed E-state index contributed by atoms with van der Waals surface area (Å²) in [5.74, 6) is 1.03. The van der Waals surface area contributed by atoms with Crippen LogP contribution in [-0.4, -0.2) is 13.7 Å². The van der Waals surface area contributed by atoms with Crippen LogP contribution in [0.3, 0.4) is 0 Å². The van der Waals surface area contributed by atoms with E-state index in [4.69, 9.17) is 4.74 Å². The number of hydrogen-bond donors (Lipinski definition) is 1. The predicted octanol–water partition coefficient (Wildman–Crippen LogP) is 4.62. The maximum absolute atomic E-state index is 5.63. The number of benzene rings is 1. The summed E-state index contributed by atoms with van der Waals surface area (Å²) in [4.78, 5) is 0. The van der Waals surface area contributed by atoms with Crippen LogP contribution in [0.15, 0.2) is 18.2 Å². The third kappa shape index (κ3) is 3.17. The fraction of sp³-hybridized carbons (Fsp3) is 0.667. The Bertz CT molecular complexity index is 435. The Morgan fingerprint density at radius 1 is 1.30 bits per heavy atom. The molecule has 0 aliphatic heterocycles. The van der Waals surface area contributed by atoms with Crippen LogP contribution < -0.4 is 10.1 Å². The Kier molecular flexibility index (Phi) is 5.09. The van der Waals surface area contributed by atoms with Gasteiger partial charge in [0.1, 0.15) is 5.75 Å². The first-order chi connectivity index (χ1) is 9.60. The Morgan fingerprint density at radius 2 is 2.00 bits per heavy atom. The monoisotopic (exact) mass is 275 g/mol. The average Bonchev–Trinajstić information content (AvgIpc) is 2.87. The highest BCUT2D eigenvalue weighted by Crippen LogP contribution is 2.49. The lowest BCUT2D eigenvalue weighted by Gasteiger charge is -2.36. The minimum atomic E-state index is 0.357. The molecule has 0 aromatic heterocycles. The van der Waals surface area contributed by atoms with E-state index in [1.165, 1.54) is 43.2 Å². The third-order valence-electron chi connectivity index (χ3n) is 4.74. The predicted molar refractivity (Wildman–Crippen MR) is 85.3 cm³/mol. The van der Waals surface area contributed by atoms with Crippen molar-refractivity contribution in [2.24, 2.45) is 5.41 Å². The lowest BCUT2D eigenvalue weighted by atomic mass is 9.76. The van der Waals surface area contributed by atoms with Crippen molar-refractivity contribution in [1.82, 2.24) is 5.32 Å². The van der Waals surface area contributed by atoms with E-state index in [2.05, 4.69) is 44.3 Å². The number of methoxy groups -OCH3 is 1. The van der Waals surface area contributed by atoms with Crippen LogP contribution in [0.2, 0.25) is 0 Å². The molecule has 1 aromatic carbocycles. The summed E-state index contributed by atoms with van der Waals surface area (Å²) in [5, 5.41) is 3.79. The zero-order valence-corrected chi connectivity index (χ0v) is 13.5. The minimum absolute atomic E-state index is 0.357. The molecular formula is C18H29NO. The molecule has 0 heterocycles. The third-order valence-corrected chi connectivity index (χ3v) is 4.74. The molecule has 2 nitrogen and oxygen atoms in total. The SMILES string of the molecule is CCCNC(c1cc(C)ccc1OC)C1(C)CCCC1. The van der Waals surface area contributed by atoms with E-state index in [0.29, 0.717) is 11.5 Å². The lowest BCUT2D eigenvalue weighted by molar-refractivity contribution is 0.218. The molecule has 0 spiro atoms. The Hall–Kier alpha value is -1.02. The quantitative estimate of drug-likeness (QED) is 0.817. The van der Waals surface area contributed by atoms with Crippen molar-refractivity contribution in [3.63, 3.8) is 0 Å². The van der Waals surface area contributed by atoms with Crippen LogP contribution >= 0.6 is 0 Å². The van der Waals surface area contributed by atoms with Gasteiger partial charge in [-0.2, -0.15) is 0 Å². The van der Waals surface area contributed by atoms with E-state index in [-0.39, 0.29) is 0 Å². The molecule has 112 valence electrons. The zero-order valence-electron chi connectivity index (χ0n) is 13.5. The molecule has 1 saturated carbocycles. The molecule has 2 rings (SSSR count). The standard InChI is InChI=1S/C18H29NO/c1-5-12-19-17(18(3)10-6-7-11-18)15-13-14(2)8-9-16(15)20-4/h8-9,13,17,19H,5-7,10-12H2,1-4H3. The van der Waals surface area contributed by atoms with Gasteiger partial charge in [0, 0.05) is 11.6 Å². The van der Waals surface area contributed by atoms with E-state index >= 15 is 0 Å². The van der Waals surface area contributed by atoms with Crippen molar-refractivity contribution in [2.75, 3.05) is 13.7 Å². The number of ether oxygens (including phenoxy) is 1. The molecule has 0 saturated heterocycles. The van der Waals surface area contributed by atoms with Crippen molar-refractivity contribution in [2.45, 2.75) is 58.9 Å². The van der Waals surface area contributed by atoms with Crippen molar-refractivity contribution in [3.05, 3.63) is 29.3 Å². The fourth-order valence-electron chi connectivity index (χ4n) is 3.57. The molecule has 2 heteroatoms. The molecule has 0 radical (unpaired) electrons. The smallest absolute Gasteiger partial charge is 0.123 e. The minimum Gasteiger partial charge on any atom is -0.496 e. The first kappa shape index (κ1) is 15.4. The van der Waals surface area contributed by atoms with Crippen LogP contribution in [0.4, 0.5) is 0 Å². The lowest BCUT2D eigenvalue weighted by Crippen LogP contribution is -2.35. The van der Waals surface area contributed by atoms with E-state index in [1.54, 1.807) is 7.11 Å². The highest BCUT2D eigenvalue weighted by molar-refractivity contribution is 5.40. The van der Waals surface area contributed by atoms with Crippen LogP contribution in [0.5, 0.6) is 5.75 Å². The zero-order chi connectivity index (χ0) is 14.6. The first-order valence-electron chi connectivity index (χ1n) is 7.98. The molecular weight excluding hydrogens is 246 g/mol. The summed E-state index contributed by atoms with van der Waals surface area (Å²) in [6.07, 6.45) is 6.50. The molecule has 1 unspecified atom stereocenters. The van der Waals surface area contributed by atoms with Gasteiger partial charge < -0.3 is 10.1 Å². The molecule has 20 heavy (non-hydrogen) atoms. The average molecular weight is 275 g/mol. The highest BCUT2D eigenvalue weighted by atomic mass is 16.5. The Labute approximate surface area is 123 Å². The van der Waals surface area contributed by atoms with Gasteiger partial charge in [-0.05, 0) is 44.2 Å². The number of hydrogen-bond acceptors (Lipinski definition) is 2. The van der Waals surface area contributed by atoms with Crippen LogP contribution in [-0.2, 0) is 0 Å². The van der Waals surface area contributed by atoms with Crippen molar-refractivity contribution in [3.8, 4) is 5.75 Å². The molecule has 1 atom stereocenters. The van der Waals surface area contributed by atoms with Crippen LogP contribution in [0.25, 0.3) is 0 Å². The second kappa shape index (κ2) is 6.62. The summed E-state index contributed by atoms with van der Waals surface area (Å²) in [5.41, 5.74) is 3.01. The molecule has 1 aliphatic rings. The maximum atomic E-state index is 5.63. The number of aryl methyl sites for hydroxylation is 1. The van der Waals surface area contributed by atoms with Gasteiger partial charge in [-0.15, -0.1) is 0 Å². The van der Waals surface area contributed by atoms with Crippen molar-refractivity contribution in [1.29, 1.82) is 0 Å². The summed E-state index contributed by atoms with van der Waals surface area (Å²) in [6, 6.07) is 6.95. The normalized spacial score (nSPS) is 19.0. The maximum Gasteiger partial charge on any atom is 0.123 e. The number of rotatable bonds is 6. The van der Waals surface area contributed by atoms with Gasteiger partial charge in [0.05, 0.1) is 7.11 Å². The first-order valence-corrected chi connectivity index (χ1v) is 7.98. The molecule has 1 aromatic rings. The van der Waals surface area contributed by atoms with Gasteiger partial charge in [0.15, 0.2) is 0 Å². The van der Waals surface area contributed by atoms with E-state index in [1.807, 2.05) is 0 Å². The second-order valence-corrected chi connectivity index (χ2v) is 6.49. The van der Waals surface area contributed by atoms with E-state index in [0.717, 1.165) is 12.3 Å². The van der Waals surface area contributed by atoms with E-state index in [9.17, 15) is 0 Å². The van der Waals surface area contributed by atoms with Crippen molar-refractivity contribution >= 4 is 0 Å². The molecule has 1 fully saturated rings. The highest BCUT2D eigenvalue weighted by Gasteiger charge is 2.38. The van der Waals surface area contributed by atoms with Gasteiger partial charge in [-0.3, -0.25) is 0 Å². The van der Waals surface area contributed by atoms with Gasteiger partial charge in [0.25, 0.3) is 0 Å². The molecule has 0 bridgehead atoms. The Morgan fingerprint density at radius 3 is 2.60 bits per heavy atom. The van der Waals surface area contributed by atoms with Gasteiger partial charge >= 0.3 is 0 Å². The van der Waals surface area contributed by atoms with Gasteiger partial charge in [-0.25, -0.2) is 0 Å². The molecule has 1 N–H and O–H groups in total. The summed E-state index contributed by atoms with van der Waals surface area (Å²) < 4.78 is 5.63. The summed E-state index contributed by atoms with van der Waals surface area (Å²) >= 11 is 0. The summed E-state index contributed by atoms with van der Waals surface area (Å²) in [6.45, 7) is 7.90. The fourth-order valence-corrected chi connectivity index (χ4v) is 3.57. The largest absolute Gasteiger partial charge is 0.496 e.